The Morgan fingerprint density at radius 2 is 2.03 bits per heavy atom. The Morgan fingerprint density at radius 3 is 2.71 bits per heavy atom. The van der Waals surface area contributed by atoms with Crippen molar-refractivity contribution in [1.29, 1.82) is 0 Å². The lowest BCUT2D eigenvalue weighted by Gasteiger charge is -2.10. The second kappa shape index (κ2) is 9.63. The number of hydrogen-bond acceptors (Lipinski definition) is 8. The van der Waals surface area contributed by atoms with Crippen molar-refractivity contribution in [3.63, 3.8) is 0 Å². The van der Waals surface area contributed by atoms with Gasteiger partial charge in [0.05, 0.1) is 22.7 Å². The summed E-state index contributed by atoms with van der Waals surface area (Å²) >= 11 is 1.28. The Labute approximate surface area is 193 Å². The maximum absolute atomic E-state index is 14.0. The number of aromatic amines is 1. The van der Waals surface area contributed by atoms with Gasteiger partial charge in [-0.25, -0.2) is 19.2 Å². The molecule has 0 radical (unpaired) electrons. The molecule has 1 aromatic carbocycles. The van der Waals surface area contributed by atoms with E-state index < -0.39 is 23.3 Å². The van der Waals surface area contributed by atoms with E-state index >= 15 is 0 Å². The standard InChI is InChI=1S/C21H17F4N5O3S/c1-2-32-15-9-16(34-18(15)19-29-20(31)33-30-19)14-8-17(28-10-27-14)26-6-5-11-3-4-12(7-13(11)22)21(23,24)25/h3-4,7-10H,2,5-6H2,1H3,(H,26,27,28)(H,29,30,31). The van der Waals surface area contributed by atoms with Crippen LogP contribution in [0.15, 0.2) is 46.0 Å². The lowest BCUT2D eigenvalue weighted by Crippen LogP contribution is -2.10. The SMILES string of the molecule is CCOc1cc(-c2cc(NCCc3ccc(C(F)(F)F)cc3F)ncn2)sc1-c1noc(=O)[nH]1. The maximum atomic E-state index is 14.0. The zero-order chi connectivity index (χ0) is 24.3. The number of ether oxygens (including phenoxy) is 1. The normalized spacial score (nSPS) is 11.6. The van der Waals surface area contributed by atoms with Crippen molar-refractivity contribution in [2.75, 3.05) is 18.5 Å². The van der Waals surface area contributed by atoms with Gasteiger partial charge >= 0.3 is 11.9 Å². The van der Waals surface area contributed by atoms with Gasteiger partial charge in [-0.15, -0.1) is 11.3 Å². The highest BCUT2D eigenvalue weighted by Gasteiger charge is 2.31. The van der Waals surface area contributed by atoms with Crippen LogP contribution in [0.2, 0.25) is 0 Å². The van der Waals surface area contributed by atoms with Crippen molar-refractivity contribution in [1.82, 2.24) is 20.1 Å². The number of halogens is 4. The molecule has 0 aliphatic heterocycles. The van der Waals surface area contributed by atoms with Gasteiger partial charge in [-0.3, -0.25) is 9.51 Å². The number of nitrogens with one attached hydrogen (secondary N) is 2. The fourth-order valence-electron chi connectivity index (χ4n) is 3.10. The lowest BCUT2D eigenvalue weighted by molar-refractivity contribution is -0.137. The van der Waals surface area contributed by atoms with Gasteiger partial charge in [0.2, 0.25) is 0 Å². The Bertz CT molecular complexity index is 1350. The number of thiophene rings is 1. The van der Waals surface area contributed by atoms with Crippen LogP contribution < -0.4 is 15.8 Å². The molecule has 0 aliphatic carbocycles. The lowest BCUT2D eigenvalue weighted by atomic mass is 10.1. The fourth-order valence-corrected chi connectivity index (χ4v) is 4.10. The molecule has 3 heterocycles. The van der Waals surface area contributed by atoms with Gasteiger partial charge < -0.3 is 10.1 Å². The van der Waals surface area contributed by atoms with Crippen LogP contribution in [0.25, 0.3) is 21.3 Å². The Balaban J connectivity index is 1.48. The molecule has 0 atom stereocenters. The first-order valence-corrected chi connectivity index (χ1v) is 10.8. The number of aromatic nitrogens is 4. The molecular weight excluding hydrogens is 478 g/mol. The van der Waals surface area contributed by atoms with Crippen LogP contribution in [0.3, 0.4) is 0 Å². The molecule has 34 heavy (non-hydrogen) atoms. The molecule has 0 saturated heterocycles. The predicted molar refractivity (Wildman–Crippen MR) is 116 cm³/mol. The molecule has 0 amide bonds. The minimum atomic E-state index is -4.60. The number of H-pyrrole nitrogens is 1. The van der Waals surface area contributed by atoms with E-state index in [1.807, 2.05) is 6.92 Å². The average Bonchev–Trinajstić information content (AvgIpc) is 3.41. The highest BCUT2D eigenvalue weighted by Crippen LogP contribution is 2.41. The van der Waals surface area contributed by atoms with E-state index in [2.05, 4.69) is 29.9 Å². The molecule has 4 aromatic rings. The van der Waals surface area contributed by atoms with E-state index in [0.717, 1.165) is 12.1 Å². The number of nitrogens with zero attached hydrogens (tertiary/aromatic N) is 3. The van der Waals surface area contributed by atoms with Gasteiger partial charge in [0.15, 0.2) is 5.82 Å². The number of anilines is 1. The van der Waals surface area contributed by atoms with Crippen molar-refractivity contribution in [3.8, 4) is 27.0 Å². The van der Waals surface area contributed by atoms with Crippen LogP contribution in [0, 0.1) is 5.82 Å². The first-order valence-electron chi connectivity index (χ1n) is 9.99. The summed E-state index contributed by atoms with van der Waals surface area (Å²) in [6, 6.07) is 5.89. The monoisotopic (exact) mass is 495 g/mol. The largest absolute Gasteiger partial charge is 0.492 e. The molecule has 0 unspecified atom stereocenters. The first-order chi connectivity index (χ1) is 16.2. The number of alkyl halides is 3. The molecular formula is C21H17F4N5O3S. The quantitative estimate of drug-likeness (QED) is 0.340. The molecule has 3 aromatic heterocycles. The molecule has 2 N–H and O–H groups in total. The Hall–Kier alpha value is -3.74. The summed E-state index contributed by atoms with van der Waals surface area (Å²) in [6.07, 6.45) is -3.10. The van der Waals surface area contributed by atoms with Crippen molar-refractivity contribution in [2.24, 2.45) is 0 Å². The smallest absolute Gasteiger partial charge is 0.439 e. The zero-order valence-corrected chi connectivity index (χ0v) is 18.4. The molecule has 0 fully saturated rings. The Morgan fingerprint density at radius 1 is 1.21 bits per heavy atom. The summed E-state index contributed by atoms with van der Waals surface area (Å²) in [6.45, 7) is 2.44. The van der Waals surface area contributed by atoms with E-state index in [1.54, 1.807) is 12.1 Å². The second-order valence-electron chi connectivity index (χ2n) is 6.95. The van der Waals surface area contributed by atoms with Gasteiger partial charge in [-0.2, -0.15) is 13.2 Å². The van der Waals surface area contributed by atoms with Gasteiger partial charge in [0, 0.05) is 18.7 Å². The summed E-state index contributed by atoms with van der Waals surface area (Å²) in [7, 11) is 0. The summed E-state index contributed by atoms with van der Waals surface area (Å²) < 4.78 is 62.3. The van der Waals surface area contributed by atoms with Gasteiger partial charge in [0.25, 0.3) is 0 Å². The molecule has 0 saturated carbocycles. The van der Waals surface area contributed by atoms with E-state index in [-0.39, 0.29) is 24.4 Å². The van der Waals surface area contributed by atoms with E-state index in [4.69, 9.17) is 4.74 Å². The number of benzene rings is 1. The summed E-state index contributed by atoms with van der Waals surface area (Å²) in [5.74, 6) is -0.431. The summed E-state index contributed by atoms with van der Waals surface area (Å²) in [4.78, 5) is 23.5. The molecule has 13 heteroatoms. The molecule has 0 bridgehead atoms. The third-order valence-corrected chi connectivity index (χ3v) is 5.80. The summed E-state index contributed by atoms with van der Waals surface area (Å²) in [5.41, 5.74) is -0.319. The van der Waals surface area contributed by atoms with Crippen LogP contribution in [0.4, 0.5) is 23.4 Å². The van der Waals surface area contributed by atoms with Crippen molar-refractivity contribution in [2.45, 2.75) is 19.5 Å². The van der Waals surface area contributed by atoms with Crippen molar-refractivity contribution >= 4 is 17.2 Å². The van der Waals surface area contributed by atoms with Crippen LogP contribution in [-0.2, 0) is 12.6 Å². The Kier molecular flexibility index (Phi) is 6.63. The van der Waals surface area contributed by atoms with E-state index in [0.29, 0.717) is 39.7 Å². The van der Waals surface area contributed by atoms with Crippen LogP contribution >= 0.6 is 11.3 Å². The second-order valence-corrected chi connectivity index (χ2v) is 8.00. The molecule has 4 rings (SSSR count). The minimum absolute atomic E-state index is 0.153. The van der Waals surface area contributed by atoms with Gasteiger partial charge in [-0.1, -0.05) is 11.2 Å². The van der Waals surface area contributed by atoms with Gasteiger partial charge in [0.1, 0.15) is 28.6 Å². The van der Waals surface area contributed by atoms with E-state index in [1.165, 1.54) is 17.7 Å². The van der Waals surface area contributed by atoms with Crippen LogP contribution in [-0.4, -0.2) is 33.3 Å². The topological polar surface area (TPSA) is 106 Å². The molecule has 178 valence electrons. The highest BCUT2D eigenvalue weighted by atomic mass is 32.1. The fraction of sp³-hybridized carbons (Fsp3) is 0.238. The summed E-state index contributed by atoms with van der Waals surface area (Å²) in [5, 5.41) is 6.71. The molecule has 0 aliphatic rings. The van der Waals surface area contributed by atoms with Crippen molar-refractivity contribution in [3.05, 3.63) is 64.2 Å². The maximum Gasteiger partial charge on any atom is 0.439 e. The zero-order valence-electron chi connectivity index (χ0n) is 17.6. The average molecular weight is 495 g/mol. The third-order valence-electron chi connectivity index (χ3n) is 4.65. The van der Waals surface area contributed by atoms with Gasteiger partial charge in [-0.05, 0) is 31.0 Å². The molecule has 0 spiro atoms. The minimum Gasteiger partial charge on any atom is -0.492 e. The van der Waals surface area contributed by atoms with Crippen LogP contribution in [0.5, 0.6) is 5.75 Å². The first kappa shape index (κ1) is 23.4. The highest BCUT2D eigenvalue weighted by molar-refractivity contribution is 7.19. The van der Waals surface area contributed by atoms with Crippen LogP contribution in [0.1, 0.15) is 18.1 Å². The van der Waals surface area contributed by atoms with E-state index in [9.17, 15) is 22.4 Å². The number of rotatable bonds is 8. The predicted octanol–water partition coefficient (Wildman–Crippen LogP) is 4.76. The number of hydrogen-bond donors (Lipinski definition) is 2. The molecule has 8 nitrogen and oxygen atoms in total. The third kappa shape index (κ3) is 5.25. The van der Waals surface area contributed by atoms with Crippen molar-refractivity contribution < 1.29 is 26.8 Å².